The molecule has 1 aromatic rings. The van der Waals surface area contributed by atoms with Gasteiger partial charge in [0, 0.05) is 5.56 Å². The van der Waals surface area contributed by atoms with E-state index in [0.717, 1.165) is 18.4 Å². The van der Waals surface area contributed by atoms with E-state index in [-0.39, 0.29) is 11.5 Å². The number of hydrogen-bond donors (Lipinski definition) is 2. The Morgan fingerprint density at radius 2 is 1.32 bits per heavy atom. The third kappa shape index (κ3) is 5.14. The Kier molecular flexibility index (Phi) is 7.39. The highest BCUT2D eigenvalue weighted by Gasteiger charge is 2.18. The summed E-state index contributed by atoms with van der Waals surface area (Å²) in [4.78, 5) is 0. The van der Waals surface area contributed by atoms with Gasteiger partial charge in [-0.05, 0) is 30.9 Å². The maximum atomic E-state index is 10.0. The molecule has 0 aliphatic rings. The molecule has 0 radical (unpaired) electrons. The first-order valence-corrected chi connectivity index (χ1v) is 7.71. The summed E-state index contributed by atoms with van der Waals surface area (Å²) in [6, 6.07) is 5.06. The summed E-state index contributed by atoms with van der Waals surface area (Å²) in [7, 11) is 0. The van der Waals surface area contributed by atoms with Crippen LogP contribution in [0.15, 0.2) is 18.2 Å². The van der Waals surface area contributed by atoms with Crippen LogP contribution >= 0.6 is 0 Å². The number of hydrogen-bond acceptors (Lipinski definition) is 2. The minimum Gasteiger partial charge on any atom is -0.508 e. The molecule has 0 aliphatic heterocycles. The quantitative estimate of drug-likeness (QED) is 0.591. The van der Waals surface area contributed by atoms with Gasteiger partial charge >= 0.3 is 0 Å². The second-order valence-electron chi connectivity index (χ2n) is 5.40. The Bertz CT molecular complexity index is 330. The molecular weight excluding hydrogens is 236 g/mol. The zero-order valence-corrected chi connectivity index (χ0v) is 12.4. The highest BCUT2D eigenvalue weighted by molar-refractivity contribution is 5.45. The molecule has 0 aliphatic carbocycles. The molecule has 0 spiro atoms. The van der Waals surface area contributed by atoms with Crippen LogP contribution in [-0.4, -0.2) is 10.2 Å². The second-order valence-corrected chi connectivity index (χ2v) is 5.40. The average molecular weight is 264 g/mol. The van der Waals surface area contributed by atoms with Crippen LogP contribution in [0, 0.1) is 0 Å². The Hall–Kier alpha value is -1.18. The van der Waals surface area contributed by atoms with Gasteiger partial charge in [-0.3, -0.25) is 0 Å². The molecule has 0 heterocycles. The lowest BCUT2D eigenvalue weighted by molar-refractivity contribution is 0.410. The van der Waals surface area contributed by atoms with Crippen molar-refractivity contribution in [3.05, 3.63) is 23.8 Å². The lowest BCUT2D eigenvalue weighted by atomic mass is 9.87. The van der Waals surface area contributed by atoms with Crippen molar-refractivity contribution in [3.63, 3.8) is 0 Å². The van der Waals surface area contributed by atoms with Crippen molar-refractivity contribution in [2.75, 3.05) is 0 Å². The van der Waals surface area contributed by atoms with Gasteiger partial charge in [0.15, 0.2) is 0 Å². The summed E-state index contributed by atoms with van der Waals surface area (Å²) >= 11 is 0. The monoisotopic (exact) mass is 264 g/mol. The minimum atomic E-state index is 0.248. The van der Waals surface area contributed by atoms with E-state index in [1.807, 2.05) is 0 Å². The number of benzene rings is 1. The van der Waals surface area contributed by atoms with Crippen LogP contribution in [0.1, 0.15) is 76.7 Å². The third-order valence-electron chi connectivity index (χ3n) is 3.78. The Morgan fingerprint density at radius 1 is 0.842 bits per heavy atom. The molecule has 0 fully saturated rings. The zero-order chi connectivity index (χ0) is 14.1. The van der Waals surface area contributed by atoms with Gasteiger partial charge < -0.3 is 10.2 Å². The molecule has 1 rings (SSSR count). The predicted molar refractivity (Wildman–Crippen MR) is 80.8 cm³/mol. The molecule has 0 unspecified atom stereocenters. The van der Waals surface area contributed by atoms with E-state index in [1.165, 1.54) is 38.5 Å². The van der Waals surface area contributed by atoms with Gasteiger partial charge in [-0.1, -0.05) is 58.4 Å². The Labute approximate surface area is 117 Å². The van der Waals surface area contributed by atoms with E-state index in [1.54, 1.807) is 18.2 Å². The number of phenols is 2. The van der Waals surface area contributed by atoms with E-state index in [0.29, 0.717) is 5.92 Å². The normalized spacial score (nSPS) is 11.1. The first-order chi connectivity index (χ1) is 9.20. The van der Waals surface area contributed by atoms with Crippen LogP contribution in [0.25, 0.3) is 0 Å². The predicted octanol–water partition coefficient (Wildman–Crippen LogP) is 5.34. The summed E-state index contributed by atoms with van der Waals surface area (Å²) in [6.45, 7) is 4.40. The molecule has 2 heteroatoms. The smallest absolute Gasteiger partial charge is 0.122 e. The van der Waals surface area contributed by atoms with Crippen molar-refractivity contribution in [2.45, 2.75) is 71.1 Å². The van der Waals surface area contributed by atoms with Crippen LogP contribution in [0.2, 0.25) is 0 Å². The fourth-order valence-electron chi connectivity index (χ4n) is 2.67. The standard InChI is InChI=1S/C17H28O2/c1-3-5-7-10-14(11-8-6-4-2)17-15(18)12-9-13-16(17)19/h9,12-14,18-19H,3-8,10-11H2,1-2H3. The molecule has 0 aromatic heterocycles. The first kappa shape index (κ1) is 15.9. The van der Waals surface area contributed by atoms with Crippen LogP contribution in [0.3, 0.4) is 0 Å². The molecule has 2 N–H and O–H groups in total. The fraction of sp³-hybridized carbons (Fsp3) is 0.647. The molecule has 19 heavy (non-hydrogen) atoms. The highest BCUT2D eigenvalue weighted by atomic mass is 16.3. The van der Waals surface area contributed by atoms with Crippen molar-refractivity contribution < 1.29 is 10.2 Å². The SMILES string of the molecule is CCCCCC(CCCCC)c1c(O)cccc1O. The molecule has 0 amide bonds. The van der Waals surface area contributed by atoms with Crippen LogP contribution < -0.4 is 0 Å². The second kappa shape index (κ2) is 8.84. The van der Waals surface area contributed by atoms with Crippen molar-refractivity contribution in [2.24, 2.45) is 0 Å². The van der Waals surface area contributed by atoms with Crippen molar-refractivity contribution in [1.29, 1.82) is 0 Å². The zero-order valence-electron chi connectivity index (χ0n) is 12.4. The van der Waals surface area contributed by atoms with E-state index < -0.39 is 0 Å². The molecule has 1 aromatic carbocycles. The molecule has 0 saturated heterocycles. The molecule has 0 saturated carbocycles. The summed E-state index contributed by atoms with van der Waals surface area (Å²) in [5.41, 5.74) is 0.759. The summed E-state index contributed by atoms with van der Waals surface area (Å²) in [5, 5.41) is 20.0. The molecular formula is C17H28O2. The van der Waals surface area contributed by atoms with Crippen molar-refractivity contribution in [1.82, 2.24) is 0 Å². The minimum absolute atomic E-state index is 0.248. The largest absolute Gasteiger partial charge is 0.508 e. The van der Waals surface area contributed by atoms with Gasteiger partial charge in [0.1, 0.15) is 11.5 Å². The highest BCUT2D eigenvalue weighted by Crippen LogP contribution is 2.39. The number of unbranched alkanes of at least 4 members (excludes halogenated alkanes) is 4. The van der Waals surface area contributed by atoms with Gasteiger partial charge in [-0.2, -0.15) is 0 Å². The van der Waals surface area contributed by atoms with E-state index >= 15 is 0 Å². The van der Waals surface area contributed by atoms with E-state index in [9.17, 15) is 10.2 Å². The van der Waals surface area contributed by atoms with Crippen LogP contribution in [-0.2, 0) is 0 Å². The number of phenolic OH excluding ortho intramolecular Hbond substituents is 2. The Morgan fingerprint density at radius 3 is 1.74 bits per heavy atom. The van der Waals surface area contributed by atoms with E-state index in [2.05, 4.69) is 13.8 Å². The summed E-state index contributed by atoms with van der Waals surface area (Å²) < 4.78 is 0. The molecule has 2 nitrogen and oxygen atoms in total. The van der Waals surface area contributed by atoms with Gasteiger partial charge in [0.05, 0.1) is 0 Å². The number of aromatic hydroxyl groups is 2. The van der Waals surface area contributed by atoms with Gasteiger partial charge in [0.25, 0.3) is 0 Å². The first-order valence-electron chi connectivity index (χ1n) is 7.71. The van der Waals surface area contributed by atoms with Gasteiger partial charge in [-0.15, -0.1) is 0 Å². The van der Waals surface area contributed by atoms with Crippen molar-refractivity contribution in [3.8, 4) is 11.5 Å². The van der Waals surface area contributed by atoms with E-state index in [4.69, 9.17) is 0 Å². The molecule has 0 bridgehead atoms. The van der Waals surface area contributed by atoms with Gasteiger partial charge in [-0.25, -0.2) is 0 Å². The lowest BCUT2D eigenvalue weighted by Crippen LogP contribution is -2.01. The van der Waals surface area contributed by atoms with Crippen molar-refractivity contribution >= 4 is 0 Å². The third-order valence-corrected chi connectivity index (χ3v) is 3.78. The topological polar surface area (TPSA) is 40.5 Å². The van der Waals surface area contributed by atoms with Crippen LogP contribution in [0.4, 0.5) is 0 Å². The maximum Gasteiger partial charge on any atom is 0.122 e. The Balaban J connectivity index is 2.75. The maximum absolute atomic E-state index is 10.0. The van der Waals surface area contributed by atoms with Crippen LogP contribution in [0.5, 0.6) is 11.5 Å². The van der Waals surface area contributed by atoms with Gasteiger partial charge in [0.2, 0.25) is 0 Å². The molecule has 108 valence electrons. The average Bonchev–Trinajstić information content (AvgIpc) is 2.38. The molecule has 0 atom stereocenters. The summed E-state index contributed by atoms with van der Waals surface area (Å²) in [6.07, 6.45) is 9.30. The summed E-state index contributed by atoms with van der Waals surface area (Å²) in [5.74, 6) is 0.787. The lowest BCUT2D eigenvalue weighted by Gasteiger charge is -2.19. The fourth-order valence-corrected chi connectivity index (χ4v) is 2.67. The number of rotatable bonds is 9.